The van der Waals surface area contributed by atoms with Crippen molar-refractivity contribution in [1.82, 2.24) is 5.32 Å². The van der Waals surface area contributed by atoms with E-state index in [1.165, 1.54) is 32.1 Å². The molecule has 0 saturated heterocycles. The zero-order valence-electron chi connectivity index (χ0n) is 14.7. The Morgan fingerprint density at radius 2 is 1.87 bits per heavy atom. The van der Waals surface area contributed by atoms with E-state index in [4.69, 9.17) is 4.74 Å². The van der Waals surface area contributed by atoms with Gasteiger partial charge < -0.3 is 15.0 Å². The smallest absolute Gasteiger partial charge is 0.338 e. The summed E-state index contributed by atoms with van der Waals surface area (Å²) in [6.45, 7) is 2.58. The van der Waals surface area contributed by atoms with Gasteiger partial charge in [0, 0.05) is 31.9 Å². The lowest BCUT2D eigenvalue weighted by Gasteiger charge is -2.27. The molecule has 1 aliphatic rings. The standard InChI is InChI=1S/C19H30N2O2/c1-4-16(20-17-8-6-5-7-9-17)14-23-19(22)15-10-12-18(13-11-15)21(2)3/h10-13,16-17,20H,4-9,14H2,1-3H3/t16-/m1/s1. The van der Waals surface area contributed by atoms with E-state index < -0.39 is 0 Å². The number of hydrogen-bond acceptors (Lipinski definition) is 4. The zero-order chi connectivity index (χ0) is 16.7. The average molecular weight is 318 g/mol. The Hall–Kier alpha value is -1.55. The van der Waals surface area contributed by atoms with Crippen molar-refractivity contribution in [2.75, 3.05) is 25.6 Å². The molecular formula is C19H30N2O2. The molecule has 1 N–H and O–H groups in total. The molecule has 4 heteroatoms. The number of carbonyl (C=O) groups excluding carboxylic acids is 1. The first kappa shape index (κ1) is 17.8. The van der Waals surface area contributed by atoms with E-state index in [0.29, 0.717) is 18.2 Å². The molecule has 0 aliphatic heterocycles. The number of ether oxygens (including phenoxy) is 1. The summed E-state index contributed by atoms with van der Waals surface area (Å²) in [5, 5.41) is 3.65. The Bertz CT molecular complexity index is 479. The summed E-state index contributed by atoms with van der Waals surface area (Å²) in [7, 11) is 3.96. The third kappa shape index (κ3) is 5.54. The molecule has 0 spiro atoms. The Balaban J connectivity index is 1.81. The molecule has 1 aliphatic carbocycles. The molecule has 1 saturated carbocycles. The number of carbonyl (C=O) groups is 1. The van der Waals surface area contributed by atoms with Crippen LogP contribution in [0.5, 0.6) is 0 Å². The maximum Gasteiger partial charge on any atom is 0.338 e. The highest BCUT2D eigenvalue weighted by molar-refractivity contribution is 5.89. The van der Waals surface area contributed by atoms with Gasteiger partial charge in [0.1, 0.15) is 6.61 Å². The number of esters is 1. The van der Waals surface area contributed by atoms with Crippen molar-refractivity contribution in [2.24, 2.45) is 0 Å². The number of nitrogens with one attached hydrogen (secondary N) is 1. The van der Waals surface area contributed by atoms with Crippen molar-refractivity contribution in [1.29, 1.82) is 0 Å². The van der Waals surface area contributed by atoms with E-state index in [1.807, 2.05) is 43.3 Å². The van der Waals surface area contributed by atoms with Crippen LogP contribution in [0, 0.1) is 0 Å². The van der Waals surface area contributed by atoms with Gasteiger partial charge in [-0.15, -0.1) is 0 Å². The van der Waals surface area contributed by atoms with E-state index in [9.17, 15) is 4.79 Å². The van der Waals surface area contributed by atoms with Crippen LogP contribution in [0.15, 0.2) is 24.3 Å². The van der Waals surface area contributed by atoms with Crippen LogP contribution >= 0.6 is 0 Å². The maximum absolute atomic E-state index is 12.2. The van der Waals surface area contributed by atoms with Crippen LogP contribution in [0.2, 0.25) is 0 Å². The van der Waals surface area contributed by atoms with Gasteiger partial charge in [-0.2, -0.15) is 0 Å². The number of anilines is 1. The first-order valence-electron chi connectivity index (χ1n) is 8.80. The predicted octanol–water partition coefficient (Wildman–Crippen LogP) is 3.61. The molecule has 0 aromatic heterocycles. The SMILES string of the molecule is CC[C@H](COC(=O)c1ccc(N(C)C)cc1)NC1CCCCC1. The second kappa shape index (κ2) is 8.92. The minimum atomic E-state index is -0.237. The van der Waals surface area contributed by atoms with Crippen LogP contribution in [0.3, 0.4) is 0 Å². The Labute approximate surface area is 140 Å². The third-order valence-corrected chi connectivity index (χ3v) is 4.60. The molecule has 0 unspecified atom stereocenters. The predicted molar refractivity (Wildman–Crippen MR) is 95.1 cm³/mol. The summed E-state index contributed by atoms with van der Waals surface area (Å²) < 4.78 is 5.51. The van der Waals surface area contributed by atoms with Crippen molar-refractivity contribution in [3.05, 3.63) is 29.8 Å². The molecule has 0 amide bonds. The van der Waals surface area contributed by atoms with Gasteiger partial charge in [-0.3, -0.25) is 0 Å². The van der Waals surface area contributed by atoms with Gasteiger partial charge in [0.05, 0.1) is 5.56 Å². The highest BCUT2D eigenvalue weighted by Crippen LogP contribution is 2.18. The van der Waals surface area contributed by atoms with Gasteiger partial charge in [-0.1, -0.05) is 26.2 Å². The van der Waals surface area contributed by atoms with Crippen LogP contribution in [0.1, 0.15) is 55.8 Å². The van der Waals surface area contributed by atoms with E-state index in [1.54, 1.807) is 0 Å². The summed E-state index contributed by atoms with van der Waals surface area (Å²) in [5.74, 6) is -0.237. The van der Waals surface area contributed by atoms with Crippen LogP contribution in [0.4, 0.5) is 5.69 Å². The summed E-state index contributed by atoms with van der Waals surface area (Å²) in [4.78, 5) is 14.2. The number of hydrogen-bond donors (Lipinski definition) is 1. The van der Waals surface area contributed by atoms with Crippen LogP contribution < -0.4 is 10.2 Å². The van der Waals surface area contributed by atoms with E-state index in [-0.39, 0.29) is 12.0 Å². The summed E-state index contributed by atoms with van der Waals surface area (Å²) in [6, 6.07) is 8.37. The van der Waals surface area contributed by atoms with Crippen molar-refractivity contribution in [3.8, 4) is 0 Å². The Morgan fingerprint density at radius 3 is 2.43 bits per heavy atom. The highest BCUT2D eigenvalue weighted by atomic mass is 16.5. The topological polar surface area (TPSA) is 41.6 Å². The van der Waals surface area contributed by atoms with E-state index in [0.717, 1.165) is 12.1 Å². The molecule has 128 valence electrons. The van der Waals surface area contributed by atoms with Gasteiger partial charge in [0.25, 0.3) is 0 Å². The summed E-state index contributed by atoms with van der Waals surface area (Å²) in [6.07, 6.45) is 7.45. The van der Waals surface area contributed by atoms with Crippen LogP contribution in [-0.2, 0) is 4.74 Å². The lowest BCUT2D eigenvalue weighted by molar-refractivity contribution is 0.0453. The first-order valence-corrected chi connectivity index (χ1v) is 8.80. The van der Waals surface area contributed by atoms with Crippen molar-refractivity contribution in [3.63, 3.8) is 0 Å². The average Bonchev–Trinajstić information content (AvgIpc) is 2.59. The van der Waals surface area contributed by atoms with Crippen molar-refractivity contribution < 1.29 is 9.53 Å². The first-order chi connectivity index (χ1) is 11.1. The lowest BCUT2D eigenvalue weighted by Crippen LogP contribution is -2.42. The molecule has 2 rings (SSSR count). The highest BCUT2D eigenvalue weighted by Gasteiger charge is 2.18. The molecular weight excluding hydrogens is 288 g/mol. The fourth-order valence-electron chi connectivity index (χ4n) is 3.04. The van der Waals surface area contributed by atoms with Gasteiger partial charge in [0.2, 0.25) is 0 Å². The van der Waals surface area contributed by atoms with Gasteiger partial charge >= 0.3 is 5.97 Å². The van der Waals surface area contributed by atoms with E-state index >= 15 is 0 Å². The van der Waals surface area contributed by atoms with E-state index in [2.05, 4.69) is 12.2 Å². The second-order valence-electron chi connectivity index (χ2n) is 6.65. The van der Waals surface area contributed by atoms with Gasteiger partial charge in [-0.05, 0) is 43.5 Å². The number of rotatable bonds is 7. The molecule has 23 heavy (non-hydrogen) atoms. The summed E-state index contributed by atoms with van der Waals surface area (Å²) in [5.41, 5.74) is 1.69. The molecule has 0 bridgehead atoms. The molecule has 4 nitrogen and oxygen atoms in total. The lowest BCUT2D eigenvalue weighted by atomic mass is 9.95. The summed E-state index contributed by atoms with van der Waals surface area (Å²) >= 11 is 0. The zero-order valence-corrected chi connectivity index (χ0v) is 14.7. The molecule has 0 radical (unpaired) electrons. The normalized spacial score (nSPS) is 16.8. The van der Waals surface area contributed by atoms with Crippen molar-refractivity contribution >= 4 is 11.7 Å². The minimum absolute atomic E-state index is 0.237. The van der Waals surface area contributed by atoms with Crippen LogP contribution in [-0.4, -0.2) is 38.8 Å². The largest absolute Gasteiger partial charge is 0.460 e. The number of nitrogens with zero attached hydrogens (tertiary/aromatic N) is 1. The molecule has 1 atom stereocenters. The van der Waals surface area contributed by atoms with Gasteiger partial charge in [0.15, 0.2) is 0 Å². The molecule has 0 heterocycles. The number of benzene rings is 1. The minimum Gasteiger partial charge on any atom is -0.460 e. The third-order valence-electron chi connectivity index (χ3n) is 4.60. The molecule has 1 aromatic rings. The van der Waals surface area contributed by atoms with Crippen LogP contribution in [0.25, 0.3) is 0 Å². The Kier molecular flexibility index (Phi) is 6.90. The fourth-order valence-corrected chi connectivity index (χ4v) is 3.04. The maximum atomic E-state index is 12.2. The monoisotopic (exact) mass is 318 g/mol. The quantitative estimate of drug-likeness (QED) is 0.780. The Morgan fingerprint density at radius 1 is 1.22 bits per heavy atom. The molecule has 1 fully saturated rings. The molecule has 1 aromatic carbocycles. The van der Waals surface area contributed by atoms with Crippen molar-refractivity contribution in [2.45, 2.75) is 57.5 Å². The van der Waals surface area contributed by atoms with Gasteiger partial charge in [-0.25, -0.2) is 4.79 Å². The fraction of sp³-hybridized carbons (Fsp3) is 0.632. The second-order valence-corrected chi connectivity index (χ2v) is 6.65.